The van der Waals surface area contributed by atoms with Crippen LogP contribution >= 0.6 is 11.8 Å². The minimum atomic E-state index is 0.344. The predicted octanol–water partition coefficient (Wildman–Crippen LogP) is 4.67. The molecule has 0 radical (unpaired) electrons. The normalized spacial score (nSPS) is 14.0. The highest BCUT2D eigenvalue weighted by molar-refractivity contribution is 8.00. The molecule has 0 aromatic heterocycles. The molecule has 0 N–H and O–H groups in total. The monoisotopic (exact) mass is 208 g/mol. The number of benzene rings is 1. The van der Waals surface area contributed by atoms with Crippen LogP contribution < -0.4 is 0 Å². The first-order valence-electron chi connectivity index (χ1n) is 5.25. The number of rotatable bonds is 3. The van der Waals surface area contributed by atoms with E-state index in [-0.39, 0.29) is 0 Å². The molecule has 0 fully saturated rings. The van der Waals surface area contributed by atoms with E-state index < -0.39 is 0 Å². The standard InChI is InChI=1S/C13H20S/c1-5-12(14-13(2,3)4)11-9-7-6-8-10-11/h6-10,12H,5H2,1-4H3/t12-/m0/s1. The molecule has 1 rings (SSSR count). The molecule has 0 unspecified atom stereocenters. The van der Waals surface area contributed by atoms with Crippen LogP contribution in [0.25, 0.3) is 0 Å². The number of thioether (sulfide) groups is 1. The lowest BCUT2D eigenvalue weighted by atomic mass is 10.1. The lowest BCUT2D eigenvalue weighted by Gasteiger charge is -2.25. The highest BCUT2D eigenvalue weighted by Crippen LogP contribution is 2.40. The van der Waals surface area contributed by atoms with Crippen molar-refractivity contribution in [3.8, 4) is 0 Å². The molecule has 0 amide bonds. The van der Waals surface area contributed by atoms with Crippen molar-refractivity contribution in [2.75, 3.05) is 0 Å². The van der Waals surface area contributed by atoms with Crippen molar-refractivity contribution >= 4 is 11.8 Å². The average Bonchev–Trinajstić information content (AvgIpc) is 2.14. The van der Waals surface area contributed by atoms with Gasteiger partial charge >= 0.3 is 0 Å². The van der Waals surface area contributed by atoms with Gasteiger partial charge in [-0.3, -0.25) is 0 Å². The minimum absolute atomic E-state index is 0.344. The first kappa shape index (κ1) is 11.6. The summed E-state index contributed by atoms with van der Waals surface area (Å²) in [5.74, 6) is 0. The Morgan fingerprint density at radius 3 is 2.14 bits per heavy atom. The van der Waals surface area contributed by atoms with Crippen LogP contribution in [0.4, 0.5) is 0 Å². The maximum Gasteiger partial charge on any atom is 0.0299 e. The third-order valence-corrected chi connectivity index (χ3v) is 3.64. The average molecular weight is 208 g/mol. The van der Waals surface area contributed by atoms with Gasteiger partial charge in [-0.1, -0.05) is 58.0 Å². The summed E-state index contributed by atoms with van der Waals surface area (Å²) < 4.78 is 0.344. The first-order valence-corrected chi connectivity index (χ1v) is 6.13. The van der Waals surface area contributed by atoms with E-state index in [9.17, 15) is 0 Å². The Bertz CT molecular complexity index is 258. The molecule has 0 aliphatic heterocycles. The van der Waals surface area contributed by atoms with Gasteiger partial charge in [-0.15, -0.1) is 11.8 Å². The molecular formula is C13H20S. The molecular weight excluding hydrogens is 188 g/mol. The summed E-state index contributed by atoms with van der Waals surface area (Å²) in [6.45, 7) is 9.10. The Morgan fingerprint density at radius 1 is 1.14 bits per heavy atom. The summed E-state index contributed by atoms with van der Waals surface area (Å²) in [5, 5.41) is 0.635. The first-order chi connectivity index (χ1) is 6.53. The topological polar surface area (TPSA) is 0 Å². The summed E-state index contributed by atoms with van der Waals surface area (Å²) in [6, 6.07) is 10.8. The molecule has 0 saturated heterocycles. The van der Waals surface area contributed by atoms with Gasteiger partial charge in [-0.25, -0.2) is 0 Å². The van der Waals surface area contributed by atoms with Gasteiger partial charge in [-0.05, 0) is 12.0 Å². The van der Waals surface area contributed by atoms with Gasteiger partial charge < -0.3 is 0 Å². The second kappa shape index (κ2) is 4.88. The van der Waals surface area contributed by atoms with Gasteiger partial charge in [0, 0.05) is 10.00 Å². The molecule has 1 aromatic carbocycles. The summed E-state index contributed by atoms with van der Waals surface area (Å²) in [7, 11) is 0. The Balaban J connectivity index is 2.73. The lowest BCUT2D eigenvalue weighted by Crippen LogP contribution is -2.10. The SMILES string of the molecule is CC[C@H](SC(C)(C)C)c1ccccc1. The summed E-state index contributed by atoms with van der Waals surface area (Å²) in [4.78, 5) is 0. The second-order valence-corrected chi connectivity index (χ2v) is 6.57. The van der Waals surface area contributed by atoms with E-state index >= 15 is 0 Å². The van der Waals surface area contributed by atoms with Crippen LogP contribution in [0.3, 0.4) is 0 Å². The fourth-order valence-corrected chi connectivity index (χ4v) is 2.79. The van der Waals surface area contributed by atoms with E-state index in [1.807, 2.05) is 0 Å². The molecule has 78 valence electrons. The molecule has 0 heterocycles. The lowest BCUT2D eigenvalue weighted by molar-refractivity contribution is 0.779. The van der Waals surface area contributed by atoms with Gasteiger partial charge in [0.2, 0.25) is 0 Å². The fourth-order valence-electron chi connectivity index (χ4n) is 1.48. The van der Waals surface area contributed by atoms with Crippen molar-refractivity contribution in [3.63, 3.8) is 0 Å². The van der Waals surface area contributed by atoms with Gasteiger partial charge in [0.05, 0.1) is 0 Å². The van der Waals surface area contributed by atoms with Crippen LogP contribution in [-0.2, 0) is 0 Å². The second-order valence-electron chi connectivity index (χ2n) is 4.54. The minimum Gasteiger partial charge on any atom is -0.148 e. The van der Waals surface area contributed by atoms with Crippen molar-refractivity contribution in [1.29, 1.82) is 0 Å². The molecule has 0 nitrogen and oxygen atoms in total. The van der Waals surface area contributed by atoms with Crippen molar-refractivity contribution in [1.82, 2.24) is 0 Å². The third kappa shape index (κ3) is 3.75. The summed E-state index contributed by atoms with van der Waals surface area (Å²) in [6.07, 6.45) is 1.20. The summed E-state index contributed by atoms with van der Waals surface area (Å²) >= 11 is 2.05. The van der Waals surface area contributed by atoms with Crippen molar-refractivity contribution in [3.05, 3.63) is 35.9 Å². The molecule has 0 aliphatic rings. The van der Waals surface area contributed by atoms with Gasteiger partial charge in [-0.2, -0.15) is 0 Å². The highest BCUT2D eigenvalue weighted by Gasteiger charge is 2.18. The van der Waals surface area contributed by atoms with Crippen LogP contribution in [0.2, 0.25) is 0 Å². The van der Waals surface area contributed by atoms with E-state index in [4.69, 9.17) is 0 Å². The molecule has 0 bridgehead atoms. The fraction of sp³-hybridized carbons (Fsp3) is 0.538. The Labute approximate surface area is 92.1 Å². The third-order valence-electron chi connectivity index (χ3n) is 2.04. The Hall–Kier alpha value is -0.430. The molecule has 1 aromatic rings. The quantitative estimate of drug-likeness (QED) is 0.695. The van der Waals surface area contributed by atoms with Crippen LogP contribution in [0.1, 0.15) is 44.9 Å². The Morgan fingerprint density at radius 2 is 1.71 bits per heavy atom. The van der Waals surface area contributed by atoms with Crippen LogP contribution in [0.15, 0.2) is 30.3 Å². The van der Waals surface area contributed by atoms with Gasteiger partial charge in [0.25, 0.3) is 0 Å². The number of hydrogen-bond donors (Lipinski definition) is 0. The van der Waals surface area contributed by atoms with Crippen LogP contribution in [0.5, 0.6) is 0 Å². The molecule has 14 heavy (non-hydrogen) atoms. The van der Waals surface area contributed by atoms with Crippen LogP contribution in [0, 0.1) is 0 Å². The van der Waals surface area contributed by atoms with E-state index in [1.165, 1.54) is 12.0 Å². The van der Waals surface area contributed by atoms with Crippen molar-refractivity contribution < 1.29 is 0 Å². The molecule has 0 aliphatic carbocycles. The zero-order valence-corrected chi connectivity index (χ0v) is 10.4. The van der Waals surface area contributed by atoms with Crippen molar-refractivity contribution in [2.24, 2.45) is 0 Å². The summed E-state index contributed by atoms with van der Waals surface area (Å²) in [5.41, 5.74) is 1.45. The molecule has 0 saturated carbocycles. The van der Waals surface area contributed by atoms with Crippen molar-refractivity contribution in [2.45, 2.75) is 44.1 Å². The molecule has 1 atom stereocenters. The maximum absolute atomic E-state index is 2.28. The van der Waals surface area contributed by atoms with Crippen LogP contribution in [-0.4, -0.2) is 4.75 Å². The van der Waals surface area contributed by atoms with Gasteiger partial charge in [0.15, 0.2) is 0 Å². The molecule has 0 spiro atoms. The highest BCUT2D eigenvalue weighted by atomic mass is 32.2. The zero-order valence-electron chi connectivity index (χ0n) is 9.58. The van der Waals surface area contributed by atoms with E-state index in [2.05, 4.69) is 69.8 Å². The van der Waals surface area contributed by atoms with E-state index in [0.29, 0.717) is 10.00 Å². The largest absolute Gasteiger partial charge is 0.148 e. The number of hydrogen-bond acceptors (Lipinski definition) is 1. The Kier molecular flexibility index (Phi) is 4.06. The van der Waals surface area contributed by atoms with Gasteiger partial charge in [0.1, 0.15) is 0 Å². The smallest absolute Gasteiger partial charge is 0.0299 e. The van der Waals surface area contributed by atoms with E-state index in [0.717, 1.165) is 0 Å². The van der Waals surface area contributed by atoms with E-state index in [1.54, 1.807) is 0 Å². The zero-order chi connectivity index (χ0) is 10.6. The predicted molar refractivity (Wildman–Crippen MR) is 66.8 cm³/mol. The maximum atomic E-state index is 2.28. The molecule has 1 heteroatoms.